The van der Waals surface area contributed by atoms with Gasteiger partial charge in [0, 0.05) is 34.4 Å². The third-order valence-electron chi connectivity index (χ3n) is 6.25. The van der Waals surface area contributed by atoms with E-state index in [1.165, 1.54) is 38.3 Å². The first-order valence-electron chi connectivity index (χ1n) is 10.9. The number of hydrogen-bond acceptors (Lipinski definition) is 8. The number of carbonyl (C=O) groups excluding carboxylic acids is 2. The lowest BCUT2D eigenvalue weighted by Crippen LogP contribution is -2.14. The summed E-state index contributed by atoms with van der Waals surface area (Å²) in [6.45, 7) is 2.93. The van der Waals surface area contributed by atoms with Gasteiger partial charge in [0.15, 0.2) is 5.78 Å². The van der Waals surface area contributed by atoms with Gasteiger partial charge in [0.25, 0.3) is 0 Å². The monoisotopic (exact) mass is 481 g/mol. The molecule has 0 bridgehead atoms. The average molecular weight is 481 g/mol. The van der Waals surface area contributed by atoms with Crippen LogP contribution in [0.15, 0.2) is 36.5 Å². The number of pyridine rings is 1. The summed E-state index contributed by atoms with van der Waals surface area (Å²) in [6, 6.07) is 6.91. The Morgan fingerprint density at radius 2 is 1.91 bits per heavy atom. The number of fused-ring (bicyclic) bond motifs is 1. The van der Waals surface area contributed by atoms with E-state index in [2.05, 4.69) is 4.98 Å². The number of aromatic nitrogens is 1. The lowest BCUT2D eigenvalue weighted by molar-refractivity contribution is -0.140. The molecule has 0 saturated heterocycles. The molecule has 0 spiro atoms. The number of carbonyl (C=O) groups is 2. The largest absolute Gasteiger partial charge is 0.507 e. The molecule has 2 aromatic carbocycles. The van der Waals surface area contributed by atoms with Crippen LogP contribution in [0.25, 0.3) is 0 Å². The molecule has 0 aliphatic carbocycles. The molecule has 35 heavy (non-hydrogen) atoms. The molecule has 1 aromatic heterocycles. The van der Waals surface area contributed by atoms with Crippen LogP contribution in [0.2, 0.25) is 0 Å². The molecule has 4 rings (SSSR count). The molecule has 1 aliphatic heterocycles. The van der Waals surface area contributed by atoms with Crippen LogP contribution in [0.5, 0.6) is 17.2 Å². The van der Waals surface area contributed by atoms with E-state index in [-0.39, 0.29) is 34.6 Å². The number of ketones is 1. The number of esters is 1. The van der Waals surface area contributed by atoms with Gasteiger partial charge in [0.2, 0.25) is 0 Å². The molecule has 0 fully saturated rings. The summed E-state index contributed by atoms with van der Waals surface area (Å²) < 4.78 is 25.5. The van der Waals surface area contributed by atoms with Gasteiger partial charge in [-0.05, 0) is 31.5 Å². The van der Waals surface area contributed by atoms with Crippen molar-refractivity contribution < 1.29 is 38.8 Å². The number of phenols is 2. The Labute approximate surface area is 200 Å². The minimum absolute atomic E-state index is 0.0192. The van der Waals surface area contributed by atoms with E-state index >= 15 is 0 Å². The Morgan fingerprint density at radius 1 is 1.20 bits per heavy atom. The first-order chi connectivity index (χ1) is 16.6. The minimum Gasteiger partial charge on any atom is -0.507 e. The molecule has 3 aromatic rings. The molecule has 1 aliphatic rings. The van der Waals surface area contributed by atoms with Crippen molar-refractivity contribution in [3.05, 3.63) is 81.4 Å². The molecular formula is C26H24FNO7. The molecule has 0 saturated carbocycles. The number of nitrogens with zero attached hydrogens (tertiary/aromatic N) is 1. The van der Waals surface area contributed by atoms with Crippen LogP contribution in [-0.2, 0) is 20.9 Å². The highest BCUT2D eigenvalue weighted by molar-refractivity contribution is 5.98. The van der Waals surface area contributed by atoms with Crippen LogP contribution in [0.4, 0.5) is 4.39 Å². The number of halogens is 1. The Bertz CT molecular complexity index is 1340. The van der Waals surface area contributed by atoms with Gasteiger partial charge in [0.1, 0.15) is 29.2 Å². The second-order valence-corrected chi connectivity index (χ2v) is 8.36. The summed E-state index contributed by atoms with van der Waals surface area (Å²) in [5.41, 5.74) is 1.04. The van der Waals surface area contributed by atoms with Gasteiger partial charge in [-0.2, -0.15) is 0 Å². The van der Waals surface area contributed by atoms with Crippen LogP contribution in [0.1, 0.15) is 69.2 Å². The molecule has 182 valence electrons. The van der Waals surface area contributed by atoms with Crippen molar-refractivity contribution in [2.24, 2.45) is 0 Å². The zero-order valence-electron chi connectivity index (χ0n) is 19.3. The van der Waals surface area contributed by atoms with Crippen LogP contribution >= 0.6 is 0 Å². The van der Waals surface area contributed by atoms with Crippen molar-refractivity contribution in [3.8, 4) is 17.2 Å². The number of phenolic OH excluding ortho intramolecular Hbond substituents is 2. The highest BCUT2D eigenvalue weighted by Gasteiger charge is 2.36. The third-order valence-corrected chi connectivity index (χ3v) is 6.25. The van der Waals surface area contributed by atoms with Crippen molar-refractivity contribution in [1.82, 2.24) is 4.98 Å². The van der Waals surface area contributed by atoms with Crippen LogP contribution < -0.4 is 0 Å². The Morgan fingerprint density at radius 3 is 2.57 bits per heavy atom. The van der Waals surface area contributed by atoms with Gasteiger partial charge >= 0.3 is 5.97 Å². The lowest BCUT2D eigenvalue weighted by atomic mass is 9.82. The van der Waals surface area contributed by atoms with Crippen LogP contribution in [-0.4, -0.2) is 39.2 Å². The first kappa shape index (κ1) is 24.2. The minimum atomic E-state index is -1.18. The fourth-order valence-corrected chi connectivity index (χ4v) is 4.44. The van der Waals surface area contributed by atoms with E-state index in [0.29, 0.717) is 16.8 Å². The standard InChI is InChI=1S/C26H24FNO7/c1-12-23(31)21-14(10-28-12)11-35-26(21)18-8-16(13(2)29)24(32)22(25(18)33)17(9-20(30)34-3)15-6-4-5-7-19(15)27/h4-8,10,17,26,31-33H,9,11H2,1-3H3/t17-,26-/m0/s1. The molecule has 2 heterocycles. The molecule has 0 unspecified atom stereocenters. The van der Waals surface area contributed by atoms with Gasteiger partial charge in [0.05, 0.1) is 31.4 Å². The molecule has 9 heteroatoms. The third kappa shape index (κ3) is 4.19. The lowest BCUT2D eigenvalue weighted by Gasteiger charge is -2.24. The number of methoxy groups -OCH3 is 1. The van der Waals surface area contributed by atoms with Gasteiger partial charge in [-0.25, -0.2) is 4.39 Å². The van der Waals surface area contributed by atoms with Crippen molar-refractivity contribution in [1.29, 1.82) is 0 Å². The molecule has 3 N–H and O–H groups in total. The second-order valence-electron chi connectivity index (χ2n) is 8.36. The van der Waals surface area contributed by atoms with Crippen molar-refractivity contribution in [2.45, 2.75) is 38.9 Å². The highest BCUT2D eigenvalue weighted by atomic mass is 19.1. The summed E-state index contributed by atoms with van der Waals surface area (Å²) in [6.07, 6.45) is 0.132. The number of aryl methyl sites for hydroxylation is 1. The topological polar surface area (TPSA) is 126 Å². The summed E-state index contributed by atoms with van der Waals surface area (Å²) in [7, 11) is 1.17. The maximum atomic E-state index is 14.9. The highest BCUT2D eigenvalue weighted by Crippen LogP contribution is 2.50. The van der Waals surface area contributed by atoms with Crippen molar-refractivity contribution >= 4 is 11.8 Å². The molecule has 0 amide bonds. The zero-order valence-corrected chi connectivity index (χ0v) is 19.3. The summed E-state index contributed by atoms with van der Waals surface area (Å²) in [5, 5.41) is 33.1. The zero-order chi connectivity index (χ0) is 25.4. The van der Waals surface area contributed by atoms with Crippen molar-refractivity contribution in [3.63, 3.8) is 0 Å². The van der Waals surface area contributed by atoms with E-state index in [1.54, 1.807) is 19.2 Å². The fraction of sp³-hybridized carbons (Fsp3) is 0.269. The Hall–Kier alpha value is -3.98. The van der Waals surface area contributed by atoms with Gasteiger partial charge in [-0.1, -0.05) is 18.2 Å². The quantitative estimate of drug-likeness (QED) is 0.354. The van der Waals surface area contributed by atoms with Gasteiger partial charge in [-0.3, -0.25) is 14.6 Å². The molecule has 2 atom stereocenters. The van der Waals surface area contributed by atoms with E-state index in [9.17, 15) is 29.3 Å². The van der Waals surface area contributed by atoms with E-state index in [4.69, 9.17) is 9.47 Å². The number of rotatable bonds is 6. The van der Waals surface area contributed by atoms with Crippen LogP contribution in [0.3, 0.4) is 0 Å². The fourth-order valence-electron chi connectivity index (χ4n) is 4.44. The summed E-state index contributed by atoms with van der Waals surface area (Å²) in [5.74, 6) is -4.28. The summed E-state index contributed by atoms with van der Waals surface area (Å²) in [4.78, 5) is 28.8. The smallest absolute Gasteiger partial charge is 0.306 e. The van der Waals surface area contributed by atoms with E-state index in [1.807, 2.05) is 0 Å². The number of benzene rings is 2. The van der Waals surface area contributed by atoms with Gasteiger partial charge < -0.3 is 24.8 Å². The molecule has 0 radical (unpaired) electrons. The Kier molecular flexibility index (Phi) is 6.45. The second kappa shape index (κ2) is 9.34. The summed E-state index contributed by atoms with van der Waals surface area (Å²) >= 11 is 0. The van der Waals surface area contributed by atoms with Crippen molar-refractivity contribution in [2.75, 3.05) is 7.11 Å². The van der Waals surface area contributed by atoms with E-state index < -0.39 is 47.5 Å². The predicted octanol–water partition coefficient (Wildman–Crippen LogP) is 4.16. The normalized spacial score (nSPS) is 15.5. The Balaban J connectivity index is 2.00. The number of aromatic hydroxyl groups is 3. The average Bonchev–Trinajstić information content (AvgIpc) is 3.25. The number of hydrogen-bond donors (Lipinski definition) is 3. The molecule has 8 nitrogen and oxygen atoms in total. The maximum absolute atomic E-state index is 14.9. The number of Topliss-reactive ketones (excluding diaryl/α,β-unsaturated/α-hetero) is 1. The molecular weight excluding hydrogens is 457 g/mol. The van der Waals surface area contributed by atoms with E-state index in [0.717, 1.165) is 0 Å². The maximum Gasteiger partial charge on any atom is 0.306 e. The number of ether oxygens (including phenoxy) is 2. The first-order valence-corrected chi connectivity index (χ1v) is 10.9. The predicted molar refractivity (Wildman–Crippen MR) is 122 cm³/mol. The SMILES string of the molecule is COC(=O)C[C@@H](c1ccccc1F)c1c(O)c(C(C)=O)cc([C@@H]2OCc3cnc(C)c(O)c32)c1O. The van der Waals surface area contributed by atoms with Crippen LogP contribution in [0, 0.1) is 12.7 Å². The van der Waals surface area contributed by atoms with Gasteiger partial charge in [-0.15, -0.1) is 0 Å².